The number of aliphatic hydroxyl groups excluding tert-OH is 1. The van der Waals surface area contributed by atoms with Crippen molar-refractivity contribution >= 4 is 28.8 Å². The summed E-state index contributed by atoms with van der Waals surface area (Å²) >= 11 is 0. The number of nitrogens with zero attached hydrogens (tertiary/aromatic N) is 2. The Morgan fingerprint density at radius 3 is 2.54 bits per heavy atom. The number of nitrogens with one attached hydrogen (secondary N) is 1. The molecule has 0 aliphatic rings. The molecule has 3 rings (SSSR count). The Balaban J connectivity index is 2.10. The highest BCUT2D eigenvalue weighted by atomic mass is 16.5. The van der Waals surface area contributed by atoms with Crippen LogP contribution in [-0.4, -0.2) is 42.2 Å². The minimum atomic E-state index is -0.842. The molecule has 0 aliphatic heterocycles. The van der Waals surface area contributed by atoms with E-state index in [1.54, 1.807) is 7.11 Å². The summed E-state index contributed by atoms with van der Waals surface area (Å²) in [5.74, 6) is 1.13. The summed E-state index contributed by atoms with van der Waals surface area (Å²) in [5, 5.41) is 12.5. The van der Waals surface area contributed by atoms with Crippen LogP contribution in [-0.2, 0) is 16.0 Å². The maximum Gasteiger partial charge on any atom is 0.158 e. The van der Waals surface area contributed by atoms with Gasteiger partial charge in [-0.15, -0.1) is 0 Å². The van der Waals surface area contributed by atoms with Gasteiger partial charge in [0.2, 0.25) is 0 Å². The van der Waals surface area contributed by atoms with E-state index in [2.05, 4.69) is 15.3 Å². The van der Waals surface area contributed by atoms with E-state index in [1.165, 1.54) is 7.11 Å². The lowest BCUT2D eigenvalue weighted by molar-refractivity contribution is -0.116. The van der Waals surface area contributed by atoms with E-state index >= 15 is 0 Å². The number of anilines is 2. The first-order valence-electron chi connectivity index (χ1n) is 8.99. The second-order valence-corrected chi connectivity index (χ2v) is 6.21. The van der Waals surface area contributed by atoms with Crippen LogP contribution >= 0.6 is 0 Å². The summed E-state index contributed by atoms with van der Waals surface area (Å²) in [6.45, 7) is 0.101. The average Bonchev–Trinajstić information content (AvgIpc) is 2.73. The first-order chi connectivity index (χ1) is 13.7. The quantitative estimate of drug-likeness (QED) is 0.550. The molecule has 7 heteroatoms. The fourth-order valence-electron chi connectivity index (χ4n) is 2.95. The molecule has 28 heavy (non-hydrogen) atoms. The standard InChI is InChI=1S/C21H23N3O4/c1-27-15-10-9-14(6-5-11-25)18(12-15)24-21-20(19(13-26)28-2)22-16-7-3-4-8-17(16)23-21/h3-4,7-10,12-13,19,25H,5-6,11H2,1-2H3,(H,23,24). The second kappa shape index (κ2) is 9.25. The van der Waals surface area contributed by atoms with Gasteiger partial charge in [0.1, 0.15) is 11.4 Å². The fraction of sp³-hybridized carbons (Fsp3) is 0.286. The number of carbonyl (C=O) groups excluding carboxylic acids is 1. The van der Waals surface area contributed by atoms with Crippen molar-refractivity contribution in [2.45, 2.75) is 18.9 Å². The first-order valence-corrected chi connectivity index (χ1v) is 8.99. The lowest BCUT2D eigenvalue weighted by Gasteiger charge is -2.17. The smallest absolute Gasteiger partial charge is 0.158 e. The largest absolute Gasteiger partial charge is 0.497 e. The lowest BCUT2D eigenvalue weighted by Crippen LogP contribution is -2.11. The van der Waals surface area contributed by atoms with Crippen molar-refractivity contribution in [2.75, 3.05) is 26.1 Å². The number of hydrogen-bond donors (Lipinski definition) is 2. The molecule has 0 saturated heterocycles. The molecular weight excluding hydrogens is 358 g/mol. The van der Waals surface area contributed by atoms with Gasteiger partial charge < -0.3 is 19.9 Å². The molecule has 1 aromatic heterocycles. The molecule has 0 amide bonds. The molecule has 0 saturated carbocycles. The third-order valence-corrected chi connectivity index (χ3v) is 4.42. The summed E-state index contributed by atoms with van der Waals surface area (Å²) in [6, 6.07) is 13.1. The number of carbonyl (C=O) groups is 1. The predicted molar refractivity (Wildman–Crippen MR) is 107 cm³/mol. The van der Waals surface area contributed by atoms with Crippen molar-refractivity contribution < 1.29 is 19.4 Å². The van der Waals surface area contributed by atoms with Gasteiger partial charge in [-0.25, -0.2) is 9.97 Å². The summed E-state index contributed by atoms with van der Waals surface area (Å²) in [4.78, 5) is 20.8. The number of ether oxygens (including phenoxy) is 2. The molecule has 1 atom stereocenters. The van der Waals surface area contributed by atoms with Gasteiger partial charge in [-0.1, -0.05) is 18.2 Å². The van der Waals surface area contributed by atoms with Crippen LogP contribution in [0.5, 0.6) is 5.75 Å². The molecule has 0 bridgehead atoms. The maximum absolute atomic E-state index is 11.5. The number of aldehydes is 1. The van der Waals surface area contributed by atoms with Crippen molar-refractivity contribution in [1.82, 2.24) is 9.97 Å². The second-order valence-electron chi connectivity index (χ2n) is 6.21. The Hall–Kier alpha value is -3.03. The highest BCUT2D eigenvalue weighted by Gasteiger charge is 2.19. The number of hydrogen-bond acceptors (Lipinski definition) is 7. The zero-order valence-corrected chi connectivity index (χ0v) is 15.9. The Morgan fingerprint density at radius 2 is 1.89 bits per heavy atom. The van der Waals surface area contributed by atoms with Gasteiger partial charge in [-0.05, 0) is 36.6 Å². The first kappa shape index (κ1) is 19.7. The van der Waals surface area contributed by atoms with Gasteiger partial charge in [0.25, 0.3) is 0 Å². The van der Waals surface area contributed by atoms with Gasteiger partial charge in [0.05, 0.1) is 18.1 Å². The molecule has 0 radical (unpaired) electrons. The normalized spacial score (nSPS) is 12.0. The number of aliphatic hydroxyl groups is 1. The zero-order chi connectivity index (χ0) is 19.9. The number of aromatic nitrogens is 2. The third kappa shape index (κ3) is 4.27. The van der Waals surface area contributed by atoms with Gasteiger partial charge in [-0.3, -0.25) is 4.79 Å². The number of benzene rings is 2. The molecule has 0 fully saturated rings. The molecular formula is C21H23N3O4. The van der Waals surface area contributed by atoms with E-state index in [0.717, 1.165) is 11.3 Å². The number of methoxy groups -OCH3 is 2. The summed E-state index contributed by atoms with van der Waals surface area (Å²) in [7, 11) is 3.05. The van der Waals surface area contributed by atoms with Gasteiger partial charge in [-0.2, -0.15) is 0 Å². The van der Waals surface area contributed by atoms with Crippen LogP contribution in [0.15, 0.2) is 42.5 Å². The number of rotatable bonds is 9. The average molecular weight is 381 g/mol. The van der Waals surface area contributed by atoms with Gasteiger partial charge >= 0.3 is 0 Å². The monoisotopic (exact) mass is 381 g/mol. The van der Waals surface area contributed by atoms with Gasteiger partial charge in [0, 0.05) is 25.5 Å². The molecule has 3 aromatic rings. The van der Waals surface area contributed by atoms with Gasteiger partial charge in [0.15, 0.2) is 18.2 Å². The Morgan fingerprint density at radius 1 is 1.14 bits per heavy atom. The third-order valence-electron chi connectivity index (χ3n) is 4.42. The maximum atomic E-state index is 11.5. The molecule has 7 nitrogen and oxygen atoms in total. The predicted octanol–water partition coefficient (Wildman–Crippen LogP) is 3.19. The Bertz CT molecular complexity index is 962. The topological polar surface area (TPSA) is 93.6 Å². The van der Waals surface area contributed by atoms with E-state index in [-0.39, 0.29) is 6.61 Å². The molecule has 1 heterocycles. The summed E-state index contributed by atoms with van der Waals surface area (Å²) < 4.78 is 10.6. The van der Waals surface area contributed by atoms with Crippen LogP contribution in [0.4, 0.5) is 11.5 Å². The molecule has 1 unspecified atom stereocenters. The van der Waals surface area contributed by atoms with Crippen molar-refractivity contribution in [3.63, 3.8) is 0 Å². The Labute approximate surface area is 163 Å². The number of aryl methyl sites for hydroxylation is 1. The number of para-hydroxylation sites is 2. The highest BCUT2D eigenvalue weighted by molar-refractivity contribution is 5.79. The molecule has 146 valence electrons. The zero-order valence-electron chi connectivity index (χ0n) is 15.9. The van der Waals surface area contributed by atoms with E-state index in [0.29, 0.717) is 47.4 Å². The fourth-order valence-corrected chi connectivity index (χ4v) is 2.95. The number of fused-ring (bicyclic) bond motifs is 1. The van der Waals surface area contributed by atoms with Crippen molar-refractivity contribution in [1.29, 1.82) is 0 Å². The summed E-state index contributed by atoms with van der Waals surface area (Å²) in [6.07, 6.45) is 1.17. The minimum absolute atomic E-state index is 0.101. The van der Waals surface area contributed by atoms with Crippen molar-refractivity contribution in [3.05, 3.63) is 53.7 Å². The van der Waals surface area contributed by atoms with Crippen LogP contribution in [0.2, 0.25) is 0 Å². The van der Waals surface area contributed by atoms with E-state index in [1.807, 2.05) is 42.5 Å². The SMILES string of the molecule is COc1ccc(CCCO)c(Nc2nc3ccccc3nc2C(C=O)OC)c1. The molecule has 2 N–H and O–H groups in total. The summed E-state index contributed by atoms with van der Waals surface area (Å²) in [5.41, 5.74) is 3.56. The van der Waals surface area contributed by atoms with Crippen LogP contribution in [0.1, 0.15) is 23.8 Å². The molecule has 0 aliphatic carbocycles. The van der Waals surface area contributed by atoms with E-state index in [9.17, 15) is 9.90 Å². The van der Waals surface area contributed by atoms with Crippen LogP contribution in [0.3, 0.4) is 0 Å². The van der Waals surface area contributed by atoms with Crippen molar-refractivity contribution in [2.24, 2.45) is 0 Å². The van der Waals surface area contributed by atoms with Crippen LogP contribution in [0, 0.1) is 0 Å². The van der Waals surface area contributed by atoms with E-state index < -0.39 is 6.10 Å². The molecule has 0 spiro atoms. The van der Waals surface area contributed by atoms with Crippen molar-refractivity contribution in [3.8, 4) is 5.75 Å². The molecule has 2 aromatic carbocycles. The minimum Gasteiger partial charge on any atom is -0.497 e. The van der Waals surface area contributed by atoms with Crippen LogP contribution < -0.4 is 10.1 Å². The lowest BCUT2D eigenvalue weighted by atomic mass is 10.1. The Kier molecular flexibility index (Phi) is 6.52. The van der Waals surface area contributed by atoms with E-state index in [4.69, 9.17) is 9.47 Å². The highest BCUT2D eigenvalue weighted by Crippen LogP contribution is 2.30. The van der Waals surface area contributed by atoms with Crippen LogP contribution in [0.25, 0.3) is 11.0 Å².